The zero-order valence-corrected chi connectivity index (χ0v) is 11.0. The van der Waals surface area contributed by atoms with Crippen LogP contribution in [-0.2, 0) is 4.79 Å². The molecule has 92 valence electrons. The first-order chi connectivity index (χ1) is 7.91. The van der Waals surface area contributed by atoms with Crippen LogP contribution in [0.1, 0.15) is 31.1 Å². The summed E-state index contributed by atoms with van der Waals surface area (Å²) in [6.45, 7) is 5.28. The Bertz CT molecular complexity index is 409. The van der Waals surface area contributed by atoms with Gasteiger partial charge in [-0.25, -0.2) is 0 Å². The third-order valence-corrected chi connectivity index (χ3v) is 3.92. The van der Waals surface area contributed by atoms with Crippen LogP contribution in [0.2, 0.25) is 0 Å². The third-order valence-electron chi connectivity index (χ3n) is 2.37. The molecule has 0 bridgehead atoms. The molecule has 1 aromatic rings. The van der Waals surface area contributed by atoms with Crippen molar-refractivity contribution in [2.45, 2.75) is 30.9 Å². The van der Waals surface area contributed by atoms with Gasteiger partial charge in [0.2, 0.25) is 0 Å². The predicted octanol–water partition coefficient (Wildman–Crippen LogP) is 3.09. The van der Waals surface area contributed by atoms with E-state index in [4.69, 9.17) is 5.11 Å². The van der Waals surface area contributed by atoms with Crippen LogP contribution >= 0.6 is 11.8 Å². The lowest BCUT2D eigenvalue weighted by atomic mass is 10.1. The van der Waals surface area contributed by atoms with Crippen LogP contribution in [0.3, 0.4) is 0 Å². The summed E-state index contributed by atoms with van der Waals surface area (Å²) in [7, 11) is 0. The molecule has 1 atom stereocenters. The fraction of sp³-hybridized carbons (Fsp3) is 0.385. The normalized spacial score (nSPS) is 12.5. The fourth-order valence-electron chi connectivity index (χ4n) is 1.39. The van der Waals surface area contributed by atoms with Crippen molar-refractivity contribution in [3.05, 3.63) is 29.8 Å². The fourth-order valence-corrected chi connectivity index (χ4v) is 2.35. The summed E-state index contributed by atoms with van der Waals surface area (Å²) in [6.07, 6.45) is 0. The molecule has 0 aliphatic carbocycles. The Kier molecular flexibility index (Phi) is 4.75. The number of aliphatic carboxylic acids is 1. The minimum absolute atomic E-state index is 0.0141. The van der Waals surface area contributed by atoms with Crippen molar-refractivity contribution in [1.29, 1.82) is 0 Å². The molecule has 0 radical (unpaired) electrons. The molecule has 1 unspecified atom stereocenters. The molecule has 0 aliphatic rings. The van der Waals surface area contributed by atoms with E-state index < -0.39 is 11.2 Å². The van der Waals surface area contributed by atoms with E-state index in [1.807, 2.05) is 13.8 Å². The molecule has 0 aromatic heterocycles. The van der Waals surface area contributed by atoms with Crippen LogP contribution in [0.15, 0.2) is 29.2 Å². The summed E-state index contributed by atoms with van der Waals surface area (Å²) in [4.78, 5) is 23.0. The number of carboxylic acid groups (broad SMARTS) is 1. The molecule has 0 spiro atoms. The van der Waals surface area contributed by atoms with Crippen molar-refractivity contribution >= 4 is 23.5 Å². The molecular formula is C13H16O3S. The summed E-state index contributed by atoms with van der Waals surface area (Å²) in [6, 6.07) is 7.03. The number of benzene rings is 1. The summed E-state index contributed by atoms with van der Waals surface area (Å²) in [5, 5.41) is 8.61. The highest BCUT2D eigenvalue weighted by molar-refractivity contribution is 8.00. The number of carboxylic acids is 1. The average molecular weight is 252 g/mol. The van der Waals surface area contributed by atoms with Gasteiger partial charge in [0.25, 0.3) is 0 Å². The molecule has 0 heterocycles. The second-order valence-corrected chi connectivity index (χ2v) is 5.42. The predicted molar refractivity (Wildman–Crippen MR) is 68.6 cm³/mol. The minimum Gasteiger partial charge on any atom is -0.480 e. The molecule has 4 heteroatoms. The van der Waals surface area contributed by atoms with E-state index in [0.29, 0.717) is 5.56 Å². The highest BCUT2D eigenvalue weighted by Gasteiger charge is 2.22. The van der Waals surface area contributed by atoms with Gasteiger partial charge >= 0.3 is 5.97 Å². The van der Waals surface area contributed by atoms with E-state index in [2.05, 4.69) is 0 Å². The van der Waals surface area contributed by atoms with Gasteiger partial charge in [0.1, 0.15) is 5.25 Å². The number of hydrogen-bond donors (Lipinski definition) is 1. The maximum absolute atomic E-state index is 11.1. The number of rotatable bonds is 5. The number of Topliss-reactive ketones (excluding diaryl/α,β-unsaturated/α-hetero) is 1. The number of hydrogen-bond acceptors (Lipinski definition) is 3. The highest BCUT2D eigenvalue weighted by Crippen LogP contribution is 2.28. The van der Waals surface area contributed by atoms with Crippen LogP contribution < -0.4 is 0 Å². The number of carbonyl (C=O) groups is 2. The van der Waals surface area contributed by atoms with Crippen LogP contribution in [0.4, 0.5) is 0 Å². The Hall–Kier alpha value is -1.29. The van der Waals surface area contributed by atoms with Crippen molar-refractivity contribution < 1.29 is 14.7 Å². The molecule has 0 saturated heterocycles. The molecule has 0 aliphatic heterocycles. The first-order valence-corrected chi connectivity index (χ1v) is 6.30. The van der Waals surface area contributed by atoms with Gasteiger partial charge in [-0.3, -0.25) is 9.59 Å². The molecule has 1 N–H and O–H groups in total. The van der Waals surface area contributed by atoms with Crippen LogP contribution in [-0.4, -0.2) is 22.1 Å². The van der Waals surface area contributed by atoms with Crippen LogP contribution in [0, 0.1) is 5.92 Å². The molecular weight excluding hydrogens is 236 g/mol. The second kappa shape index (κ2) is 5.87. The van der Waals surface area contributed by atoms with Gasteiger partial charge in [0.15, 0.2) is 5.78 Å². The Morgan fingerprint density at radius 2 is 1.71 bits per heavy atom. The monoisotopic (exact) mass is 252 g/mol. The maximum atomic E-state index is 11.1. The lowest BCUT2D eigenvalue weighted by Crippen LogP contribution is -2.22. The smallest absolute Gasteiger partial charge is 0.317 e. The molecule has 3 nitrogen and oxygen atoms in total. The average Bonchev–Trinajstić information content (AvgIpc) is 2.25. The van der Waals surface area contributed by atoms with Gasteiger partial charge in [-0.05, 0) is 25.0 Å². The summed E-state index contributed by atoms with van der Waals surface area (Å²) < 4.78 is 0. The Morgan fingerprint density at radius 3 is 2.06 bits per heavy atom. The lowest BCUT2D eigenvalue weighted by Gasteiger charge is -2.15. The Balaban J connectivity index is 2.80. The van der Waals surface area contributed by atoms with E-state index in [0.717, 1.165) is 4.90 Å². The molecule has 0 amide bonds. The van der Waals surface area contributed by atoms with Crippen LogP contribution in [0.25, 0.3) is 0 Å². The van der Waals surface area contributed by atoms with Crippen molar-refractivity contribution in [2.24, 2.45) is 5.92 Å². The van der Waals surface area contributed by atoms with Gasteiger partial charge in [0.05, 0.1) is 0 Å². The zero-order valence-electron chi connectivity index (χ0n) is 10.1. The van der Waals surface area contributed by atoms with E-state index in [1.54, 1.807) is 24.3 Å². The third kappa shape index (κ3) is 3.89. The quantitative estimate of drug-likeness (QED) is 0.646. The minimum atomic E-state index is -0.805. The van der Waals surface area contributed by atoms with Crippen molar-refractivity contribution in [3.63, 3.8) is 0 Å². The van der Waals surface area contributed by atoms with Gasteiger partial charge in [-0.15, -0.1) is 11.8 Å². The molecule has 0 saturated carbocycles. The topological polar surface area (TPSA) is 54.4 Å². The first kappa shape index (κ1) is 13.8. The standard InChI is InChI=1S/C13H16O3S/c1-8(2)12(13(15)16)17-11-6-4-10(5-7-11)9(3)14/h4-8,12H,1-3H3,(H,15,16). The van der Waals surface area contributed by atoms with E-state index in [1.165, 1.54) is 18.7 Å². The molecule has 17 heavy (non-hydrogen) atoms. The van der Waals surface area contributed by atoms with Crippen molar-refractivity contribution in [1.82, 2.24) is 0 Å². The van der Waals surface area contributed by atoms with Gasteiger partial charge < -0.3 is 5.11 Å². The first-order valence-electron chi connectivity index (χ1n) is 5.42. The summed E-state index contributed by atoms with van der Waals surface area (Å²) in [5.41, 5.74) is 0.644. The SMILES string of the molecule is CC(=O)c1ccc(SC(C(=O)O)C(C)C)cc1. The van der Waals surface area contributed by atoms with E-state index in [9.17, 15) is 9.59 Å². The second-order valence-electron chi connectivity index (χ2n) is 4.20. The van der Waals surface area contributed by atoms with Crippen molar-refractivity contribution in [3.8, 4) is 0 Å². The maximum Gasteiger partial charge on any atom is 0.317 e. The number of ketones is 1. The van der Waals surface area contributed by atoms with Gasteiger partial charge in [0, 0.05) is 10.5 Å². The van der Waals surface area contributed by atoms with Crippen molar-refractivity contribution in [2.75, 3.05) is 0 Å². The largest absolute Gasteiger partial charge is 0.480 e. The summed E-state index contributed by atoms with van der Waals surface area (Å²) in [5.74, 6) is -0.731. The van der Waals surface area contributed by atoms with Gasteiger partial charge in [-0.2, -0.15) is 0 Å². The molecule has 1 aromatic carbocycles. The van der Waals surface area contributed by atoms with E-state index in [-0.39, 0.29) is 11.7 Å². The van der Waals surface area contributed by atoms with Gasteiger partial charge in [-0.1, -0.05) is 26.0 Å². The number of thioether (sulfide) groups is 1. The molecule has 0 fully saturated rings. The van der Waals surface area contributed by atoms with Crippen LogP contribution in [0.5, 0.6) is 0 Å². The molecule has 1 rings (SSSR count). The Labute approximate surface area is 105 Å². The lowest BCUT2D eigenvalue weighted by molar-refractivity contribution is -0.137. The highest BCUT2D eigenvalue weighted by atomic mass is 32.2. The Morgan fingerprint density at radius 1 is 1.18 bits per heavy atom. The summed E-state index contributed by atoms with van der Waals surface area (Å²) >= 11 is 1.31. The zero-order chi connectivity index (χ0) is 13.0. The number of carbonyl (C=O) groups excluding carboxylic acids is 1. The van der Waals surface area contributed by atoms with E-state index >= 15 is 0 Å².